The topological polar surface area (TPSA) is 44.1 Å². The summed E-state index contributed by atoms with van der Waals surface area (Å²) in [7, 11) is 0. The van der Waals surface area contributed by atoms with Crippen molar-refractivity contribution in [2.24, 2.45) is 0 Å². The number of thioether (sulfide) groups is 1. The summed E-state index contributed by atoms with van der Waals surface area (Å²) < 4.78 is 0. The molecule has 0 unspecified atom stereocenters. The van der Waals surface area contributed by atoms with Crippen molar-refractivity contribution >= 4 is 29.3 Å². The Morgan fingerprint density at radius 2 is 2.11 bits per heavy atom. The standard InChI is InChI=1S/C13H15ClN2OS/c1-3-16(4-2)13(17)9-18-12-6-5-11(14)7-10(12)8-15/h5-7H,3-4,9H2,1-2H3. The third-order valence-electron chi connectivity index (χ3n) is 2.53. The van der Waals surface area contributed by atoms with Crippen LogP contribution < -0.4 is 0 Å². The number of carbonyl (C=O) groups is 1. The average molecular weight is 283 g/mol. The first kappa shape index (κ1) is 14.9. The monoisotopic (exact) mass is 282 g/mol. The number of halogens is 1. The molecule has 0 bridgehead atoms. The van der Waals surface area contributed by atoms with Crippen LogP contribution in [0.5, 0.6) is 0 Å². The highest BCUT2D eigenvalue weighted by molar-refractivity contribution is 8.00. The summed E-state index contributed by atoms with van der Waals surface area (Å²) in [5.41, 5.74) is 0.514. The zero-order valence-corrected chi connectivity index (χ0v) is 12.0. The van der Waals surface area contributed by atoms with Gasteiger partial charge in [0.1, 0.15) is 6.07 Å². The van der Waals surface area contributed by atoms with E-state index in [9.17, 15) is 4.79 Å². The number of benzene rings is 1. The Balaban J connectivity index is 2.70. The molecule has 0 aromatic heterocycles. The highest BCUT2D eigenvalue weighted by atomic mass is 35.5. The molecule has 0 fully saturated rings. The minimum atomic E-state index is 0.0869. The van der Waals surface area contributed by atoms with Crippen molar-refractivity contribution in [1.29, 1.82) is 5.26 Å². The molecule has 0 saturated heterocycles. The largest absolute Gasteiger partial charge is 0.343 e. The maximum absolute atomic E-state index is 11.8. The van der Waals surface area contributed by atoms with Crippen LogP contribution in [0.3, 0.4) is 0 Å². The number of hydrogen-bond acceptors (Lipinski definition) is 3. The van der Waals surface area contributed by atoms with Crippen LogP contribution in [0.15, 0.2) is 23.1 Å². The molecule has 5 heteroatoms. The lowest BCUT2D eigenvalue weighted by Crippen LogP contribution is -2.31. The van der Waals surface area contributed by atoms with Gasteiger partial charge in [0, 0.05) is 23.0 Å². The smallest absolute Gasteiger partial charge is 0.232 e. The average Bonchev–Trinajstić information content (AvgIpc) is 2.38. The van der Waals surface area contributed by atoms with Crippen molar-refractivity contribution in [2.75, 3.05) is 18.8 Å². The molecular formula is C13H15ClN2OS. The van der Waals surface area contributed by atoms with Crippen LogP contribution in [0.4, 0.5) is 0 Å². The number of nitrogens with zero attached hydrogens (tertiary/aromatic N) is 2. The van der Waals surface area contributed by atoms with E-state index in [4.69, 9.17) is 16.9 Å². The van der Waals surface area contributed by atoms with Gasteiger partial charge in [0.2, 0.25) is 5.91 Å². The number of nitriles is 1. The quantitative estimate of drug-likeness (QED) is 0.779. The van der Waals surface area contributed by atoms with Crippen molar-refractivity contribution in [3.8, 4) is 6.07 Å². The Hall–Kier alpha value is -1.18. The van der Waals surface area contributed by atoms with Crippen molar-refractivity contribution in [2.45, 2.75) is 18.7 Å². The van der Waals surface area contributed by atoms with E-state index >= 15 is 0 Å². The van der Waals surface area contributed by atoms with Gasteiger partial charge in [-0.05, 0) is 32.0 Å². The molecule has 1 rings (SSSR count). The Morgan fingerprint density at radius 3 is 2.67 bits per heavy atom. The van der Waals surface area contributed by atoms with Gasteiger partial charge in [0.05, 0.1) is 11.3 Å². The molecule has 0 atom stereocenters. The van der Waals surface area contributed by atoms with Gasteiger partial charge in [-0.15, -0.1) is 11.8 Å². The zero-order chi connectivity index (χ0) is 13.5. The molecule has 0 saturated carbocycles. The second-order valence-corrected chi connectivity index (χ2v) is 5.06. The number of amides is 1. The lowest BCUT2D eigenvalue weighted by molar-refractivity contribution is -0.127. The molecule has 0 radical (unpaired) electrons. The summed E-state index contributed by atoms with van der Waals surface area (Å²) >= 11 is 7.19. The summed E-state index contributed by atoms with van der Waals surface area (Å²) in [5, 5.41) is 9.53. The summed E-state index contributed by atoms with van der Waals surface area (Å²) in [6, 6.07) is 7.21. The van der Waals surface area contributed by atoms with Crippen LogP contribution in [-0.4, -0.2) is 29.6 Å². The summed E-state index contributed by atoms with van der Waals surface area (Å²) in [6.45, 7) is 5.33. The maximum atomic E-state index is 11.8. The summed E-state index contributed by atoms with van der Waals surface area (Å²) in [4.78, 5) is 14.4. The molecule has 0 aliphatic rings. The minimum Gasteiger partial charge on any atom is -0.343 e. The van der Waals surface area contributed by atoms with Crippen LogP contribution in [0.2, 0.25) is 5.02 Å². The Morgan fingerprint density at radius 1 is 1.44 bits per heavy atom. The fourth-order valence-corrected chi connectivity index (χ4v) is 2.58. The molecular weight excluding hydrogens is 268 g/mol. The number of rotatable bonds is 5. The molecule has 0 heterocycles. The van der Waals surface area contributed by atoms with Crippen LogP contribution in [-0.2, 0) is 4.79 Å². The van der Waals surface area contributed by atoms with Crippen LogP contribution in [0.25, 0.3) is 0 Å². The van der Waals surface area contributed by atoms with Gasteiger partial charge in [-0.1, -0.05) is 11.6 Å². The van der Waals surface area contributed by atoms with Gasteiger partial charge in [0.25, 0.3) is 0 Å². The van der Waals surface area contributed by atoms with Gasteiger partial charge in [0.15, 0.2) is 0 Å². The molecule has 0 aliphatic carbocycles. The van der Waals surface area contributed by atoms with Crippen molar-refractivity contribution < 1.29 is 4.79 Å². The van der Waals surface area contributed by atoms with Crippen molar-refractivity contribution in [1.82, 2.24) is 4.90 Å². The molecule has 1 amide bonds. The number of hydrogen-bond donors (Lipinski definition) is 0. The fraction of sp³-hybridized carbons (Fsp3) is 0.385. The third kappa shape index (κ3) is 3.94. The first-order valence-electron chi connectivity index (χ1n) is 5.72. The summed E-state index contributed by atoms with van der Waals surface area (Å²) in [6.07, 6.45) is 0. The van der Waals surface area contributed by atoms with Gasteiger partial charge in [-0.25, -0.2) is 0 Å². The Bertz CT molecular complexity index is 467. The second-order valence-electron chi connectivity index (χ2n) is 3.61. The van der Waals surface area contributed by atoms with E-state index in [1.54, 1.807) is 23.1 Å². The predicted molar refractivity (Wildman–Crippen MR) is 74.8 cm³/mol. The van der Waals surface area contributed by atoms with E-state index in [0.29, 0.717) is 29.4 Å². The van der Waals surface area contributed by atoms with Crippen molar-refractivity contribution in [3.05, 3.63) is 28.8 Å². The Labute approximate surface area is 117 Å². The van der Waals surface area contributed by atoms with E-state index in [1.807, 2.05) is 13.8 Å². The van der Waals surface area contributed by atoms with E-state index in [-0.39, 0.29) is 5.91 Å². The van der Waals surface area contributed by atoms with E-state index in [0.717, 1.165) is 4.90 Å². The molecule has 1 aromatic carbocycles. The van der Waals surface area contributed by atoms with Crippen LogP contribution in [0.1, 0.15) is 19.4 Å². The van der Waals surface area contributed by atoms with Gasteiger partial charge in [-0.2, -0.15) is 5.26 Å². The van der Waals surface area contributed by atoms with E-state index in [2.05, 4.69) is 6.07 Å². The lowest BCUT2D eigenvalue weighted by atomic mass is 10.2. The van der Waals surface area contributed by atoms with Gasteiger partial charge in [-0.3, -0.25) is 4.79 Å². The molecule has 0 aliphatic heterocycles. The van der Waals surface area contributed by atoms with E-state index < -0.39 is 0 Å². The fourth-order valence-electron chi connectivity index (χ4n) is 1.52. The van der Waals surface area contributed by atoms with Crippen LogP contribution >= 0.6 is 23.4 Å². The molecule has 1 aromatic rings. The highest BCUT2D eigenvalue weighted by Gasteiger charge is 2.11. The zero-order valence-electron chi connectivity index (χ0n) is 10.4. The summed E-state index contributed by atoms with van der Waals surface area (Å²) in [5.74, 6) is 0.432. The molecule has 0 N–H and O–H groups in total. The lowest BCUT2D eigenvalue weighted by Gasteiger charge is -2.18. The number of carbonyl (C=O) groups excluding carboxylic acids is 1. The predicted octanol–water partition coefficient (Wildman–Crippen LogP) is 3.17. The first-order chi connectivity index (χ1) is 8.62. The van der Waals surface area contributed by atoms with Crippen molar-refractivity contribution in [3.63, 3.8) is 0 Å². The van der Waals surface area contributed by atoms with E-state index in [1.165, 1.54) is 11.8 Å². The van der Waals surface area contributed by atoms with Gasteiger partial charge >= 0.3 is 0 Å². The van der Waals surface area contributed by atoms with Gasteiger partial charge < -0.3 is 4.90 Å². The maximum Gasteiger partial charge on any atom is 0.232 e. The third-order valence-corrected chi connectivity index (χ3v) is 3.82. The molecule has 18 heavy (non-hydrogen) atoms. The molecule has 0 spiro atoms. The normalized spacial score (nSPS) is 9.89. The molecule has 3 nitrogen and oxygen atoms in total. The SMILES string of the molecule is CCN(CC)C(=O)CSc1ccc(Cl)cc1C#N. The first-order valence-corrected chi connectivity index (χ1v) is 7.08. The Kier molecular flexibility index (Phi) is 6.03. The minimum absolute atomic E-state index is 0.0869. The molecule has 96 valence electrons. The highest BCUT2D eigenvalue weighted by Crippen LogP contribution is 2.25. The van der Waals surface area contributed by atoms with Crippen LogP contribution in [0, 0.1) is 11.3 Å². The second kappa shape index (κ2) is 7.30.